The van der Waals surface area contributed by atoms with Crippen molar-refractivity contribution in [1.82, 2.24) is 14.8 Å². The van der Waals surface area contributed by atoms with Crippen LogP contribution in [0.5, 0.6) is 5.75 Å². The summed E-state index contributed by atoms with van der Waals surface area (Å²) in [6.07, 6.45) is 1.85. The molecule has 0 aliphatic rings. The monoisotopic (exact) mass is 429 g/mol. The zero-order valence-corrected chi connectivity index (χ0v) is 17.0. The molecule has 6 heteroatoms. The summed E-state index contributed by atoms with van der Waals surface area (Å²) < 4.78 is 8.91. The van der Waals surface area contributed by atoms with Gasteiger partial charge < -0.3 is 4.74 Å². The number of aromatic nitrogens is 3. The highest BCUT2D eigenvalue weighted by Gasteiger charge is 2.13. The summed E-state index contributed by atoms with van der Waals surface area (Å²) in [5.41, 5.74) is 2.59. The van der Waals surface area contributed by atoms with Crippen molar-refractivity contribution in [3.8, 4) is 5.75 Å². The van der Waals surface area contributed by atoms with E-state index >= 15 is 0 Å². The average Bonchev–Trinajstić information content (AvgIpc) is 3.03. The second-order valence-corrected chi connectivity index (χ2v) is 7.61. The Morgan fingerprint density at radius 1 is 1.15 bits per heavy atom. The number of hydrogen-bond acceptors (Lipinski definition) is 4. The minimum absolute atomic E-state index is 0.368. The Hall–Kier alpha value is -2.05. The molecule has 0 atom stereocenters. The van der Waals surface area contributed by atoms with Crippen molar-refractivity contribution in [3.63, 3.8) is 0 Å². The van der Waals surface area contributed by atoms with Crippen molar-refractivity contribution in [2.24, 2.45) is 0 Å². The SMILES string of the molecule is C=CCn1c(COc2ccc(Br)cc2)nnc1SCc1ccccc1C. The summed E-state index contributed by atoms with van der Waals surface area (Å²) in [6, 6.07) is 16.1. The van der Waals surface area contributed by atoms with E-state index in [-0.39, 0.29) is 0 Å². The molecule has 134 valence electrons. The van der Waals surface area contributed by atoms with Gasteiger partial charge >= 0.3 is 0 Å². The third-order valence-corrected chi connectivity index (χ3v) is 5.45. The van der Waals surface area contributed by atoms with Crippen molar-refractivity contribution in [2.75, 3.05) is 0 Å². The van der Waals surface area contributed by atoms with Gasteiger partial charge in [0.15, 0.2) is 11.0 Å². The molecule has 0 amide bonds. The van der Waals surface area contributed by atoms with Gasteiger partial charge in [-0.3, -0.25) is 4.57 Å². The van der Waals surface area contributed by atoms with Crippen LogP contribution in [-0.4, -0.2) is 14.8 Å². The van der Waals surface area contributed by atoms with Crippen LogP contribution in [0.25, 0.3) is 0 Å². The largest absolute Gasteiger partial charge is 0.486 e. The predicted octanol–water partition coefficient (Wildman–Crippen LogP) is 5.41. The molecule has 0 unspecified atom stereocenters. The van der Waals surface area contributed by atoms with Crippen molar-refractivity contribution in [3.05, 3.63) is 82.6 Å². The molecule has 3 aromatic rings. The highest BCUT2D eigenvalue weighted by Crippen LogP contribution is 2.24. The second kappa shape index (κ2) is 9.05. The zero-order valence-electron chi connectivity index (χ0n) is 14.6. The highest BCUT2D eigenvalue weighted by atomic mass is 79.9. The number of aryl methyl sites for hydroxylation is 1. The van der Waals surface area contributed by atoms with Gasteiger partial charge in [-0.25, -0.2) is 0 Å². The Labute approximate surface area is 166 Å². The fourth-order valence-corrected chi connectivity index (χ4v) is 3.75. The minimum atomic E-state index is 0.368. The van der Waals surface area contributed by atoms with E-state index in [2.05, 4.69) is 68.5 Å². The Morgan fingerprint density at radius 2 is 1.92 bits per heavy atom. The molecule has 26 heavy (non-hydrogen) atoms. The first-order chi connectivity index (χ1) is 12.7. The Kier molecular flexibility index (Phi) is 6.52. The number of thioether (sulfide) groups is 1. The van der Waals surface area contributed by atoms with Gasteiger partial charge in [-0.15, -0.1) is 16.8 Å². The fourth-order valence-electron chi connectivity index (χ4n) is 2.44. The smallest absolute Gasteiger partial charge is 0.191 e. The van der Waals surface area contributed by atoms with E-state index in [1.54, 1.807) is 11.8 Å². The first-order valence-electron chi connectivity index (χ1n) is 8.26. The molecule has 0 saturated heterocycles. The van der Waals surface area contributed by atoms with Crippen LogP contribution in [0.2, 0.25) is 0 Å². The molecular formula is C20H20BrN3OS. The molecule has 0 radical (unpaired) electrons. The molecule has 2 aromatic carbocycles. The minimum Gasteiger partial charge on any atom is -0.486 e. The molecule has 0 spiro atoms. The summed E-state index contributed by atoms with van der Waals surface area (Å²) in [4.78, 5) is 0. The van der Waals surface area contributed by atoms with Crippen LogP contribution < -0.4 is 4.74 Å². The Morgan fingerprint density at radius 3 is 2.65 bits per heavy atom. The van der Waals surface area contributed by atoms with Gasteiger partial charge in [0.1, 0.15) is 12.4 Å². The van der Waals surface area contributed by atoms with Gasteiger partial charge in [-0.1, -0.05) is 58.0 Å². The van der Waals surface area contributed by atoms with E-state index in [1.807, 2.05) is 30.3 Å². The van der Waals surface area contributed by atoms with Crippen LogP contribution in [0.3, 0.4) is 0 Å². The molecule has 0 aliphatic heterocycles. The van der Waals surface area contributed by atoms with Crippen molar-refractivity contribution < 1.29 is 4.74 Å². The van der Waals surface area contributed by atoms with Crippen LogP contribution in [0.15, 0.2) is 70.8 Å². The molecular weight excluding hydrogens is 410 g/mol. The number of hydrogen-bond donors (Lipinski definition) is 0. The number of benzene rings is 2. The number of rotatable bonds is 8. The van der Waals surface area contributed by atoms with E-state index in [4.69, 9.17) is 4.74 Å². The maximum atomic E-state index is 5.84. The lowest BCUT2D eigenvalue weighted by Gasteiger charge is -2.10. The molecule has 1 heterocycles. The highest BCUT2D eigenvalue weighted by molar-refractivity contribution is 9.10. The van der Waals surface area contributed by atoms with Gasteiger partial charge in [-0.05, 0) is 42.3 Å². The molecule has 0 N–H and O–H groups in total. The van der Waals surface area contributed by atoms with E-state index in [0.717, 1.165) is 27.0 Å². The number of ether oxygens (including phenoxy) is 1. The number of allylic oxidation sites excluding steroid dienone is 1. The van der Waals surface area contributed by atoms with Crippen molar-refractivity contribution >= 4 is 27.7 Å². The van der Waals surface area contributed by atoms with Crippen LogP contribution >= 0.6 is 27.7 Å². The average molecular weight is 430 g/mol. The van der Waals surface area contributed by atoms with E-state index in [1.165, 1.54) is 11.1 Å². The zero-order chi connectivity index (χ0) is 18.4. The number of nitrogens with zero attached hydrogens (tertiary/aromatic N) is 3. The van der Waals surface area contributed by atoms with E-state index in [9.17, 15) is 0 Å². The summed E-state index contributed by atoms with van der Waals surface area (Å²) in [6.45, 7) is 7.00. The van der Waals surface area contributed by atoms with Crippen LogP contribution in [-0.2, 0) is 18.9 Å². The fraction of sp³-hybridized carbons (Fsp3) is 0.200. The summed E-state index contributed by atoms with van der Waals surface area (Å²) >= 11 is 5.10. The molecule has 4 nitrogen and oxygen atoms in total. The Bertz CT molecular complexity index is 877. The van der Waals surface area contributed by atoms with E-state index in [0.29, 0.717) is 13.2 Å². The van der Waals surface area contributed by atoms with Gasteiger partial charge in [0.05, 0.1) is 0 Å². The van der Waals surface area contributed by atoms with Crippen molar-refractivity contribution in [2.45, 2.75) is 31.0 Å². The van der Waals surface area contributed by atoms with Crippen LogP contribution in [0.4, 0.5) is 0 Å². The molecule has 0 fully saturated rings. The topological polar surface area (TPSA) is 39.9 Å². The third-order valence-electron chi connectivity index (χ3n) is 3.90. The van der Waals surface area contributed by atoms with Crippen molar-refractivity contribution in [1.29, 1.82) is 0 Å². The maximum Gasteiger partial charge on any atom is 0.191 e. The third kappa shape index (κ3) is 4.77. The molecule has 0 saturated carbocycles. The lowest BCUT2D eigenvalue weighted by atomic mass is 10.1. The van der Waals surface area contributed by atoms with Gasteiger partial charge in [0.2, 0.25) is 0 Å². The van der Waals surface area contributed by atoms with E-state index < -0.39 is 0 Å². The lowest BCUT2D eigenvalue weighted by Crippen LogP contribution is -2.07. The molecule has 1 aromatic heterocycles. The maximum absolute atomic E-state index is 5.84. The molecule has 0 bridgehead atoms. The first kappa shape index (κ1) is 18.7. The second-order valence-electron chi connectivity index (χ2n) is 5.76. The summed E-state index contributed by atoms with van der Waals surface area (Å²) in [7, 11) is 0. The quantitative estimate of drug-likeness (QED) is 0.354. The lowest BCUT2D eigenvalue weighted by molar-refractivity contribution is 0.289. The van der Waals surface area contributed by atoms with Gasteiger partial charge in [0, 0.05) is 16.8 Å². The Balaban J connectivity index is 1.70. The van der Waals surface area contributed by atoms with Gasteiger partial charge in [0.25, 0.3) is 0 Å². The first-order valence-corrected chi connectivity index (χ1v) is 10.0. The summed E-state index contributed by atoms with van der Waals surface area (Å²) in [5, 5.41) is 9.54. The van der Waals surface area contributed by atoms with Crippen LogP contribution in [0.1, 0.15) is 17.0 Å². The molecule has 3 rings (SSSR count). The van der Waals surface area contributed by atoms with Gasteiger partial charge in [-0.2, -0.15) is 0 Å². The predicted molar refractivity (Wildman–Crippen MR) is 109 cm³/mol. The molecule has 0 aliphatic carbocycles. The normalized spacial score (nSPS) is 10.7. The summed E-state index contributed by atoms with van der Waals surface area (Å²) in [5.74, 6) is 2.45. The standard InChI is InChI=1S/C20H20BrN3OS/c1-3-12-24-19(13-25-18-10-8-17(21)9-11-18)22-23-20(24)26-14-16-7-5-4-6-15(16)2/h3-11H,1,12-14H2,2H3. The number of halogens is 1. The van der Waals surface area contributed by atoms with Crippen LogP contribution in [0, 0.1) is 6.92 Å².